The van der Waals surface area contributed by atoms with E-state index in [0.29, 0.717) is 0 Å². The summed E-state index contributed by atoms with van der Waals surface area (Å²) in [6, 6.07) is 3.02. The maximum absolute atomic E-state index is 11.8. The van der Waals surface area contributed by atoms with Crippen molar-refractivity contribution in [1.82, 2.24) is 0 Å². The Morgan fingerprint density at radius 1 is 1.33 bits per heavy atom. The number of alkyl halides is 3. The fourth-order valence-corrected chi connectivity index (χ4v) is 2.68. The van der Waals surface area contributed by atoms with E-state index in [4.69, 9.17) is 16.7 Å². The van der Waals surface area contributed by atoms with E-state index in [2.05, 4.69) is 4.74 Å². The van der Waals surface area contributed by atoms with Gasteiger partial charge in [0.1, 0.15) is 6.61 Å². The van der Waals surface area contributed by atoms with Crippen LogP contribution in [0.4, 0.5) is 13.2 Å². The Morgan fingerprint density at radius 3 is 2.48 bits per heavy atom. The molecule has 1 rings (SSSR count). The number of ether oxygens (including phenoxy) is 1. The van der Waals surface area contributed by atoms with Gasteiger partial charge < -0.3 is 9.84 Å². The zero-order valence-electron chi connectivity index (χ0n) is 10.4. The number of hydrogen-bond donors (Lipinski definition) is 1. The van der Waals surface area contributed by atoms with E-state index in [9.17, 15) is 26.4 Å². The summed E-state index contributed by atoms with van der Waals surface area (Å²) in [6.07, 6.45) is -4.54. The number of rotatable bonds is 6. The first-order valence-corrected chi connectivity index (χ1v) is 7.46. The number of carboxylic acid groups (broad SMARTS) is 1. The molecular formula is C11H10ClF3O5S. The first-order valence-electron chi connectivity index (χ1n) is 5.43. The summed E-state index contributed by atoms with van der Waals surface area (Å²) in [5, 5.41) is 8.69. The minimum atomic E-state index is -4.54. The van der Waals surface area contributed by atoms with Crippen molar-refractivity contribution in [2.75, 3.05) is 19.0 Å². The largest absolute Gasteiger partial charge is 0.478 e. The highest BCUT2D eigenvalue weighted by Gasteiger charge is 2.28. The van der Waals surface area contributed by atoms with Crippen LogP contribution in [0.2, 0.25) is 5.02 Å². The van der Waals surface area contributed by atoms with E-state index < -0.39 is 46.5 Å². The first kappa shape index (κ1) is 17.7. The molecule has 0 aliphatic carbocycles. The minimum absolute atomic E-state index is 0.144. The number of benzene rings is 1. The van der Waals surface area contributed by atoms with Gasteiger partial charge in [-0.3, -0.25) is 0 Å². The molecule has 118 valence electrons. The Bertz CT molecular complexity index is 627. The lowest BCUT2D eigenvalue weighted by molar-refractivity contribution is -0.172. The number of hydrogen-bond acceptors (Lipinski definition) is 4. The highest BCUT2D eigenvalue weighted by Crippen LogP contribution is 2.21. The van der Waals surface area contributed by atoms with Gasteiger partial charge in [0, 0.05) is 0 Å². The maximum atomic E-state index is 11.8. The fourth-order valence-electron chi connectivity index (χ4n) is 1.34. The molecule has 1 aromatic rings. The van der Waals surface area contributed by atoms with Crippen molar-refractivity contribution >= 4 is 27.4 Å². The molecule has 10 heteroatoms. The van der Waals surface area contributed by atoms with Crippen LogP contribution < -0.4 is 0 Å². The van der Waals surface area contributed by atoms with Crippen LogP contribution in [0.3, 0.4) is 0 Å². The Hall–Kier alpha value is -1.32. The van der Waals surface area contributed by atoms with Gasteiger partial charge in [-0.2, -0.15) is 13.2 Å². The van der Waals surface area contributed by atoms with E-state index in [1.54, 1.807) is 0 Å². The highest BCUT2D eigenvalue weighted by molar-refractivity contribution is 7.91. The molecule has 0 saturated heterocycles. The maximum Gasteiger partial charge on any atom is 0.411 e. The number of aromatic carboxylic acids is 1. The van der Waals surface area contributed by atoms with Crippen molar-refractivity contribution in [2.45, 2.75) is 11.1 Å². The van der Waals surface area contributed by atoms with Gasteiger partial charge in [-0.1, -0.05) is 11.6 Å². The average molecular weight is 347 g/mol. The molecule has 0 bridgehead atoms. The molecule has 0 aliphatic rings. The molecule has 0 amide bonds. The predicted molar refractivity (Wildman–Crippen MR) is 67.3 cm³/mol. The number of sulfone groups is 1. The number of carbonyl (C=O) groups is 1. The molecule has 0 heterocycles. The van der Waals surface area contributed by atoms with Gasteiger partial charge in [0.2, 0.25) is 0 Å². The Morgan fingerprint density at radius 2 is 1.95 bits per heavy atom. The SMILES string of the molecule is O=C(O)c1cc(S(=O)(=O)CCOCC(F)(F)F)ccc1Cl. The number of halogens is 4. The average Bonchev–Trinajstić information content (AvgIpc) is 2.33. The van der Waals surface area contributed by atoms with Crippen LogP contribution in [-0.2, 0) is 14.6 Å². The summed E-state index contributed by atoms with van der Waals surface area (Å²) in [5.74, 6) is -2.12. The first-order chi connectivity index (χ1) is 9.53. The monoisotopic (exact) mass is 346 g/mol. The Labute approximate surface area is 123 Å². The van der Waals surface area contributed by atoms with Crippen LogP contribution >= 0.6 is 11.6 Å². The lowest BCUT2D eigenvalue weighted by Crippen LogP contribution is -2.20. The van der Waals surface area contributed by atoms with E-state index in [1.165, 1.54) is 0 Å². The van der Waals surface area contributed by atoms with Crippen LogP contribution in [0.1, 0.15) is 10.4 Å². The van der Waals surface area contributed by atoms with Gasteiger partial charge in [-0.25, -0.2) is 13.2 Å². The van der Waals surface area contributed by atoms with Crippen LogP contribution in [0.5, 0.6) is 0 Å². The third-order valence-electron chi connectivity index (χ3n) is 2.29. The quantitative estimate of drug-likeness (QED) is 0.800. The predicted octanol–water partition coefficient (Wildman–Crippen LogP) is 2.39. The summed E-state index contributed by atoms with van der Waals surface area (Å²) in [6.45, 7) is -2.21. The van der Waals surface area contributed by atoms with Gasteiger partial charge in [0.25, 0.3) is 0 Å². The molecule has 0 radical (unpaired) electrons. The lowest BCUT2D eigenvalue weighted by atomic mass is 10.2. The van der Waals surface area contributed by atoms with E-state index in [1.807, 2.05) is 0 Å². The van der Waals surface area contributed by atoms with Crippen molar-refractivity contribution in [1.29, 1.82) is 0 Å². The summed E-state index contributed by atoms with van der Waals surface area (Å²) in [4.78, 5) is 10.5. The van der Waals surface area contributed by atoms with E-state index in [-0.39, 0.29) is 9.92 Å². The molecule has 1 aromatic carbocycles. The van der Waals surface area contributed by atoms with Crippen molar-refractivity contribution in [3.63, 3.8) is 0 Å². The molecule has 0 unspecified atom stereocenters. The summed E-state index contributed by atoms with van der Waals surface area (Å²) >= 11 is 5.59. The molecular weight excluding hydrogens is 337 g/mol. The van der Waals surface area contributed by atoms with Crippen molar-refractivity contribution in [2.24, 2.45) is 0 Å². The van der Waals surface area contributed by atoms with E-state index in [0.717, 1.165) is 18.2 Å². The summed E-state index contributed by atoms with van der Waals surface area (Å²) in [5.41, 5.74) is -0.408. The molecule has 0 spiro atoms. The van der Waals surface area contributed by atoms with Crippen molar-refractivity contribution in [3.05, 3.63) is 28.8 Å². The molecule has 1 N–H and O–H groups in total. The van der Waals surface area contributed by atoms with Crippen molar-refractivity contribution in [3.8, 4) is 0 Å². The second-order valence-corrected chi connectivity index (χ2v) is 6.45. The Balaban J connectivity index is 2.79. The number of carboxylic acids is 1. The van der Waals surface area contributed by atoms with Gasteiger partial charge in [-0.15, -0.1) is 0 Å². The topological polar surface area (TPSA) is 80.7 Å². The molecule has 5 nitrogen and oxygen atoms in total. The molecule has 0 aliphatic heterocycles. The van der Waals surface area contributed by atoms with Crippen LogP contribution in [0.25, 0.3) is 0 Å². The zero-order valence-corrected chi connectivity index (χ0v) is 11.9. The second-order valence-electron chi connectivity index (χ2n) is 3.93. The van der Waals surface area contributed by atoms with E-state index >= 15 is 0 Å². The van der Waals surface area contributed by atoms with Gasteiger partial charge in [0.05, 0.1) is 27.8 Å². The third kappa shape index (κ3) is 5.52. The highest BCUT2D eigenvalue weighted by atomic mass is 35.5. The third-order valence-corrected chi connectivity index (χ3v) is 4.30. The standard InChI is InChI=1S/C11H10ClF3O5S/c12-9-2-1-7(5-8(9)10(16)17)21(18,19)4-3-20-6-11(13,14)15/h1-2,5H,3-4,6H2,(H,16,17). The van der Waals surface area contributed by atoms with Gasteiger partial charge in [0.15, 0.2) is 9.84 Å². The lowest BCUT2D eigenvalue weighted by Gasteiger charge is -2.09. The van der Waals surface area contributed by atoms with Crippen LogP contribution in [0, 0.1) is 0 Å². The van der Waals surface area contributed by atoms with Gasteiger partial charge in [-0.05, 0) is 18.2 Å². The summed E-state index contributed by atoms with van der Waals surface area (Å²) in [7, 11) is -3.97. The second kappa shape index (κ2) is 6.63. The fraction of sp³-hybridized carbons (Fsp3) is 0.364. The smallest absolute Gasteiger partial charge is 0.411 e. The molecule has 0 aromatic heterocycles. The van der Waals surface area contributed by atoms with Crippen LogP contribution in [0.15, 0.2) is 23.1 Å². The molecule has 0 atom stereocenters. The minimum Gasteiger partial charge on any atom is -0.478 e. The van der Waals surface area contributed by atoms with Crippen molar-refractivity contribution < 1.29 is 36.2 Å². The molecule has 0 fully saturated rings. The Kier molecular flexibility index (Phi) is 5.60. The molecule has 0 saturated carbocycles. The summed E-state index contributed by atoms with van der Waals surface area (Å²) < 4.78 is 63.4. The normalized spacial score (nSPS) is 12.4. The molecule has 21 heavy (non-hydrogen) atoms. The van der Waals surface area contributed by atoms with Gasteiger partial charge >= 0.3 is 12.1 Å². The van der Waals surface area contributed by atoms with Crippen LogP contribution in [-0.4, -0.2) is 44.6 Å². The zero-order chi connectivity index (χ0) is 16.3.